The Hall–Kier alpha value is -4.07. The third-order valence-electron chi connectivity index (χ3n) is 5.51. The number of carbonyl (C=O) groups is 2. The van der Waals surface area contributed by atoms with E-state index in [1.54, 1.807) is 54.2 Å². The lowest BCUT2D eigenvalue weighted by molar-refractivity contribution is 0.0949. The maximum atomic E-state index is 12.8. The first kappa shape index (κ1) is 22.7. The predicted octanol–water partition coefficient (Wildman–Crippen LogP) is 5.62. The highest BCUT2D eigenvalue weighted by molar-refractivity contribution is 7.99. The molecule has 1 aliphatic rings. The molecule has 0 aliphatic carbocycles. The van der Waals surface area contributed by atoms with Crippen LogP contribution in [0.4, 0.5) is 5.69 Å². The Bertz CT molecular complexity index is 1420. The van der Waals surface area contributed by atoms with Crippen LogP contribution >= 0.6 is 11.8 Å². The Kier molecular flexibility index (Phi) is 6.52. The number of benzene rings is 4. The van der Waals surface area contributed by atoms with Gasteiger partial charge in [-0.25, -0.2) is 0 Å². The van der Waals surface area contributed by atoms with Crippen LogP contribution in [0.15, 0.2) is 101 Å². The van der Waals surface area contributed by atoms with Gasteiger partial charge in [-0.2, -0.15) is 0 Å². The zero-order valence-electron chi connectivity index (χ0n) is 18.7. The first-order chi connectivity index (χ1) is 17.1. The molecule has 0 spiro atoms. The summed E-state index contributed by atoms with van der Waals surface area (Å²) in [5, 5.41) is 15.1. The van der Waals surface area contributed by atoms with Gasteiger partial charge in [0.05, 0.1) is 17.9 Å². The lowest BCUT2D eigenvalue weighted by Gasteiger charge is -2.11. The van der Waals surface area contributed by atoms with Gasteiger partial charge in [-0.3, -0.25) is 9.59 Å². The van der Waals surface area contributed by atoms with Crippen LogP contribution in [-0.2, 0) is 13.2 Å². The summed E-state index contributed by atoms with van der Waals surface area (Å²) in [6, 6.07) is 27.7. The number of aliphatic hydroxyl groups excluding tert-OH is 1. The number of aliphatic hydroxyl groups is 1. The van der Waals surface area contributed by atoms with Crippen molar-refractivity contribution in [2.24, 2.45) is 0 Å². The molecule has 0 radical (unpaired) electrons. The molecular formula is C28H22N2O4S. The van der Waals surface area contributed by atoms with E-state index >= 15 is 0 Å². The first-order valence-corrected chi connectivity index (χ1v) is 11.9. The smallest absolute Gasteiger partial charge is 0.259 e. The van der Waals surface area contributed by atoms with Crippen molar-refractivity contribution in [3.8, 4) is 11.5 Å². The van der Waals surface area contributed by atoms with Crippen molar-refractivity contribution in [1.29, 1.82) is 0 Å². The molecule has 0 saturated heterocycles. The normalized spacial score (nSPS) is 12.0. The summed E-state index contributed by atoms with van der Waals surface area (Å²) in [5.41, 5.74) is 3.14. The largest absolute Gasteiger partial charge is 0.454 e. The van der Waals surface area contributed by atoms with Gasteiger partial charge in [0.15, 0.2) is 5.75 Å². The van der Waals surface area contributed by atoms with Gasteiger partial charge >= 0.3 is 0 Å². The van der Waals surface area contributed by atoms with Gasteiger partial charge in [-0.1, -0.05) is 48.2 Å². The Labute approximate surface area is 207 Å². The van der Waals surface area contributed by atoms with Crippen LogP contribution in [0.3, 0.4) is 0 Å². The molecule has 3 N–H and O–H groups in total. The molecule has 1 heterocycles. The third kappa shape index (κ3) is 5.21. The molecule has 2 amide bonds. The minimum Gasteiger partial charge on any atom is -0.454 e. The van der Waals surface area contributed by atoms with E-state index in [1.165, 1.54) is 0 Å². The van der Waals surface area contributed by atoms with Gasteiger partial charge in [0.2, 0.25) is 0 Å². The maximum absolute atomic E-state index is 12.8. The number of carbonyl (C=O) groups excluding carboxylic acids is 2. The lowest BCUT2D eigenvalue weighted by Crippen LogP contribution is -2.23. The van der Waals surface area contributed by atoms with E-state index in [2.05, 4.69) is 10.6 Å². The second-order valence-corrected chi connectivity index (χ2v) is 9.15. The van der Waals surface area contributed by atoms with Gasteiger partial charge in [0.25, 0.3) is 11.8 Å². The summed E-state index contributed by atoms with van der Waals surface area (Å²) in [7, 11) is 0. The minimum absolute atomic E-state index is 0.00586. The number of anilines is 1. The number of fused-ring (bicyclic) bond motifs is 2. The topological polar surface area (TPSA) is 87.7 Å². The molecule has 0 saturated carbocycles. The van der Waals surface area contributed by atoms with E-state index in [4.69, 9.17) is 4.74 Å². The van der Waals surface area contributed by atoms with E-state index < -0.39 is 0 Å². The molecule has 6 nitrogen and oxygen atoms in total. The highest BCUT2D eigenvalue weighted by atomic mass is 32.2. The second kappa shape index (κ2) is 10.0. The molecule has 1 aliphatic heterocycles. The molecule has 0 bridgehead atoms. The summed E-state index contributed by atoms with van der Waals surface area (Å²) in [5.74, 6) is 0.421. The van der Waals surface area contributed by atoms with Crippen molar-refractivity contribution >= 4 is 29.3 Å². The fourth-order valence-corrected chi connectivity index (χ4v) is 4.74. The summed E-state index contributed by atoms with van der Waals surface area (Å²) in [6.45, 7) is 0.362. The number of amides is 2. The molecule has 0 fully saturated rings. The summed E-state index contributed by atoms with van der Waals surface area (Å²) in [6.07, 6.45) is 0. The van der Waals surface area contributed by atoms with Crippen molar-refractivity contribution in [2.45, 2.75) is 22.9 Å². The Balaban J connectivity index is 1.26. The van der Waals surface area contributed by atoms with Crippen LogP contribution < -0.4 is 15.4 Å². The Morgan fingerprint density at radius 1 is 0.857 bits per heavy atom. The number of para-hydroxylation sites is 1. The van der Waals surface area contributed by atoms with Crippen molar-refractivity contribution in [2.75, 3.05) is 5.32 Å². The van der Waals surface area contributed by atoms with Gasteiger partial charge < -0.3 is 20.5 Å². The predicted molar refractivity (Wildman–Crippen MR) is 135 cm³/mol. The number of hydrogen-bond acceptors (Lipinski definition) is 5. The van der Waals surface area contributed by atoms with Crippen LogP contribution in [0.2, 0.25) is 0 Å². The van der Waals surface area contributed by atoms with Crippen LogP contribution in [0.5, 0.6) is 11.5 Å². The quantitative estimate of drug-likeness (QED) is 0.332. The number of ether oxygens (including phenoxy) is 1. The van der Waals surface area contributed by atoms with E-state index in [1.807, 2.05) is 48.5 Å². The highest BCUT2D eigenvalue weighted by Gasteiger charge is 2.21. The molecule has 35 heavy (non-hydrogen) atoms. The van der Waals surface area contributed by atoms with Gasteiger partial charge in [-0.05, 0) is 65.7 Å². The SMILES string of the molecule is O=C(NCc1cccc(Sc2cccc(CO)c2)c1)c1ccc2c(c1)NC(=O)c1ccccc1O2. The van der Waals surface area contributed by atoms with Crippen molar-refractivity contribution in [1.82, 2.24) is 5.32 Å². The highest BCUT2D eigenvalue weighted by Crippen LogP contribution is 2.36. The average Bonchev–Trinajstić information content (AvgIpc) is 3.03. The van der Waals surface area contributed by atoms with Crippen molar-refractivity contribution in [3.05, 3.63) is 113 Å². The summed E-state index contributed by atoms with van der Waals surface area (Å²) >= 11 is 1.60. The minimum atomic E-state index is -0.282. The molecule has 7 heteroatoms. The van der Waals surface area contributed by atoms with Crippen molar-refractivity contribution < 1.29 is 19.4 Å². The number of nitrogens with one attached hydrogen (secondary N) is 2. The second-order valence-electron chi connectivity index (χ2n) is 8.00. The van der Waals surface area contributed by atoms with E-state index in [0.29, 0.717) is 34.9 Å². The molecule has 0 unspecified atom stereocenters. The monoisotopic (exact) mass is 482 g/mol. The van der Waals surface area contributed by atoms with E-state index in [0.717, 1.165) is 20.9 Å². The number of rotatable bonds is 6. The van der Waals surface area contributed by atoms with Crippen LogP contribution in [0.1, 0.15) is 31.8 Å². The summed E-state index contributed by atoms with van der Waals surface area (Å²) in [4.78, 5) is 27.5. The first-order valence-electron chi connectivity index (χ1n) is 11.1. The number of hydrogen-bond donors (Lipinski definition) is 3. The van der Waals surface area contributed by atoms with Crippen LogP contribution in [0.25, 0.3) is 0 Å². The molecular weight excluding hydrogens is 460 g/mol. The molecule has 0 aromatic heterocycles. The van der Waals surface area contributed by atoms with Crippen LogP contribution in [-0.4, -0.2) is 16.9 Å². The standard InChI is InChI=1S/C28H22N2O4S/c31-17-19-6-4-8-22(14-19)35-21-7-3-5-18(13-21)16-29-27(32)20-11-12-26-24(15-20)30-28(33)23-9-1-2-10-25(23)34-26/h1-15,31H,16-17H2,(H,29,32)(H,30,33). The molecule has 0 atom stereocenters. The van der Waals surface area contributed by atoms with Crippen molar-refractivity contribution in [3.63, 3.8) is 0 Å². The van der Waals surface area contributed by atoms with Gasteiger partial charge in [0, 0.05) is 21.9 Å². The lowest BCUT2D eigenvalue weighted by atomic mass is 10.1. The molecule has 4 aromatic rings. The average molecular weight is 483 g/mol. The summed E-state index contributed by atoms with van der Waals surface area (Å²) < 4.78 is 5.88. The fraction of sp³-hybridized carbons (Fsp3) is 0.0714. The molecule has 174 valence electrons. The van der Waals surface area contributed by atoms with Gasteiger partial charge in [-0.15, -0.1) is 0 Å². The van der Waals surface area contributed by atoms with E-state index in [9.17, 15) is 14.7 Å². The maximum Gasteiger partial charge on any atom is 0.259 e. The molecule has 4 aromatic carbocycles. The van der Waals surface area contributed by atoms with Gasteiger partial charge in [0.1, 0.15) is 5.75 Å². The fourth-order valence-electron chi connectivity index (χ4n) is 3.76. The zero-order valence-corrected chi connectivity index (χ0v) is 19.5. The van der Waals surface area contributed by atoms with E-state index in [-0.39, 0.29) is 18.4 Å². The zero-order chi connectivity index (χ0) is 24.2. The Morgan fingerprint density at radius 2 is 1.60 bits per heavy atom. The third-order valence-corrected chi connectivity index (χ3v) is 6.49. The van der Waals surface area contributed by atoms with Crippen LogP contribution in [0, 0.1) is 0 Å². The Morgan fingerprint density at radius 3 is 2.40 bits per heavy atom. The molecule has 5 rings (SSSR count).